The Morgan fingerprint density at radius 2 is 2.25 bits per heavy atom. The Labute approximate surface area is 125 Å². The van der Waals surface area contributed by atoms with Crippen LogP contribution in [0.25, 0.3) is 0 Å². The van der Waals surface area contributed by atoms with Gasteiger partial charge in [0.1, 0.15) is 4.88 Å². The minimum Gasteiger partial charge on any atom is -0.397 e. The molecule has 1 amide bonds. The molecule has 5 heteroatoms. The fourth-order valence-corrected chi connectivity index (χ4v) is 2.98. The summed E-state index contributed by atoms with van der Waals surface area (Å²) in [6.07, 6.45) is 3.93. The number of nitrogens with two attached hydrogens (primary N) is 1. The molecule has 4 N–H and O–H groups in total. The van der Waals surface area contributed by atoms with Crippen molar-refractivity contribution in [1.29, 1.82) is 0 Å². The molecule has 0 saturated heterocycles. The number of carbonyl (C=O) groups excluding carboxylic acids is 1. The monoisotopic (exact) mass is 295 g/mol. The van der Waals surface area contributed by atoms with Gasteiger partial charge in [-0.2, -0.15) is 0 Å². The lowest BCUT2D eigenvalue weighted by Crippen LogP contribution is -2.22. The van der Waals surface area contributed by atoms with Crippen LogP contribution in [0.15, 0.2) is 18.7 Å². The minimum absolute atomic E-state index is 0.143. The van der Waals surface area contributed by atoms with E-state index in [-0.39, 0.29) is 5.91 Å². The molecule has 0 saturated carbocycles. The van der Waals surface area contributed by atoms with Crippen molar-refractivity contribution in [2.75, 3.05) is 17.6 Å². The molecule has 0 bridgehead atoms. The van der Waals surface area contributed by atoms with E-state index in [0.29, 0.717) is 29.1 Å². The molecular weight excluding hydrogens is 270 g/mol. The number of thiophene rings is 1. The summed E-state index contributed by atoms with van der Waals surface area (Å²) in [5, 5.41) is 7.11. The highest BCUT2D eigenvalue weighted by molar-refractivity contribution is 7.18. The van der Waals surface area contributed by atoms with Crippen LogP contribution in [0.5, 0.6) is 0 Å². The number of hydrogen-bond donors (Lipinski definition) is 3. The van der Waals surface area contributed by atoms with Crippen molar-refractivity contribution in [1.82, 2.24) is 5.32 Å². The zero-order valence-electron chi connectivity index (χ0n) is 12.5. The second-order valence-corrected chi connectivity index (χ2v) is 6.24. The van der Waals surface area contributed by atoms with E-state index >= 15 is 0 Å². The molecule has 0 radical (unpaired) electrons. The van der Waals surface area contributed by atoms with Crippen LogP contribution in [0.2, 0.25) is 0 Å². The van der Waals surface area contributed by atoms with E-state index in [9.17, 15) is 4.79 Å². The van der Waals surface area contributed by atoms with E-state index in [1.807, 2.05) is 6.07 Å². The van der Waals surface area contributed by atoms with Crippen LogP contribution in [0.4, 0.5) is 10.7 Å². The normalized spacial score (nSPS) is 13.6. The maximum absolute atomic E-state index is 11.9. The largest absolute Gasteiger partial charge is 0.397 e. The van der Waals surface area contributed by atoms with Crippen LogP contribution in [0.1, 0.15) is 43.3 Å². The highest BCUT2D eigenvalue weighted by atomic mass is 32.1. The van der Waals surface area contributed by atoms with E-state index < -0.39 is 0 Å². The quantitative estimate of drug-likeness (QED) is 0.643. The lowest BCUT2D eigenvalue weighted by molar-refractivity contribution is 0.0963. The van der Waals surface area contributed by atoms with Crippen LogP contribution in [-0.4, -0.2) is 18.5 Å². The average molecular weight is 295 g/mol. The van der Waals surface area contributed by atoms with Crippen molar-refractivity contribution in [3.8, 4) is 0 Å². The van der Waals surface area contributed by atoms with Crippen molar-refractivity contribution >= 4 is 27.9 Å². The molecule has 0 aliphatic heterocycles. The molecule has 1 aromatic rings. The van der Waals surface area contributed by atoms with Crippen LogP contribution >= 0.6 is 11.3 Å². The molecule has 0 aliphatic rings. The van der Waals surface area contributed by atoms with Gasteiger partial charge in [0.2, 0.25) is 0 Å². The highest BCUT2D eigenvalue weighted by Gasteiger charge is 2.15. The van der Waals surface area contributed by atoms with Gasteiger partial charge >= 0.3 is 0 Å². The number of nitrogen functional groups attached to an aromatic ring is 1. The molecular formula is C15H25N3OS. The zero-order chi connectivity index (χ0) is 15.1. The van der Waals surface area contributed by atoms with Crippen LogP contribution in [0, 0.1) is 5.92 Å². The SMILES string of the molecule is C=CCNC(=O)c1sc(NC(C)CC(C)CC)cc1N. The van der Waals surface area contributed by atoms with Crippen LogP contribution in [0.3, 0.4) is 0 Å². The minimum atomic E-state index is -0.143. The molecule has 20 heavy (non-hydrogen) atoms. The number of hydrogen-bond acceptors (Lipinski definition) is 4. The van der Waals surface area contributed by atoms with E-state index in [1.54, 1.807) is 6.08 Å². The van der Waals surface area contributed by atoms with Crippen molar-refractivity contribution in [3.63, 3.8) is 0 Å². The molecule has 1 heterocycles. The van der Waals surface area contributed by atoms with Crippen molar-refractivity contribution in [3.05, 3.63) is 23.6 Å². The maximum Gasteiger partial charge on any atom is 0.263 e. The van der Waals surface area contributed by atoms with Gasteiger partial charge < -0.3 is 16.4 Å². The van der Waals surface area contributed by atoms with E-state index in [4.69, 9.17) is 5.73 Å². The Hall–Kier alpha value is -1.49. The summed E-state index contributed by atoms with van der Waals surface area (Å²) in [7, 11) is 0. The Balaban J connectivity index is 2.65. The van der Waals surface area contributed by atoms with Gasteiger partial charge in [0.15, 0.2) is 0 Å². The summed E-state index contributed by atoms with van der Waals surface area (Å²) in [6, 6.07) is 2.20. The standard InChI is InChI=1S/C15H25N3OS/c1-5-7-17-15(19)14-12(16)9-13(20-14)18-11(4)8-10(3)6-2/h5,9-11,18H,1,6-8,16H2,2-4H3,(H,17,19). The first-order valence-electron chi connectivity index (χ1n) is 7.02. The van der Waals surface area contributed by atoms with E-state index in [1.165, 1.54) is 17.8 Å². The third-order valence-electron chi connectivity index (χ3n) is 3.22. The van der Waals surface area contributed by atoms with Gasteiger partial charge in [0.25, 0.3) is 5.91 Å². The summed E-state index contributed by atoms with van der Waals surface area (Å²) < 4.78 is 0. The number of nitrogens with one attached hydrogen (secondary N) is 2. The topological polar surface area (TPSA) is 67.2 Å². The number of rotatable bonds is 8. The van der Waals surface area contributed by atoms with E-state index in [2.05, 4.69) is 38.0 Å². The first kappa shape index (κ1) is 16.6. The lowest BCUT2D eigenvalue weighted by atomic mass is 10.0. The highest BCUT2D eigenvalue weighted by Crippen LogP contribution is 2.30. The smallest absolute Gasteiger partial charge is 0.263 e. The Kier molecular flexibility index (Phi) is 6.58. The number of anilines is 2. The molecule has 2 atom stereocenters. The zero-order valence-corrected chi connectivity index (χ0v) is 13.3. The van der Waals surface area contributed by atoms with E-state index in [0.717, 1.165) is 11.4 Å². The molecule has 0 spiro atoms. The second-order valence-electron chi connectivity index (χ2n) is 5.19. The first-order valence-corrected chi connectivity index (χ1v) is 7.84. The van der Waals surface area contributed by atoms with Gasteiger partial charge in [-0.25, -0.2) is 0 Å². The van der Waals surface area contributed by atoms with Crippen LogP contribution in [-0.2, 0) is 0 Å². The van der Waals surface area contributed by atoms with Gasteiger partial charge in [-0.1, -0.05) is 26.3 Å². The first-order chi connectivity index (χ1) is 9.47. The van der Waals surface area contributed by atoms with Gasteiger partial charge in [-0.05, 0) is 25.3 Å². The van der Waals surface area contributed by atoms with Crippen molar-refractivity contribution in [2.24, 2.45) is 5.92 Å². The van der Waals surface area contributed by atoms with Gasteiger partial charge in [0, 0.05) is 12.6 Å². The third-order valence-corrected chi connectivity index (χ3v) is 4.30. The predicted molar refractivity (Wildman–Crippen MR) is 88.4 cm³/mol. The molecule has 112 valence electrons. The summed E-state index contributed by atoms with van der Waals surface area (Å²) >= 11 is 1.40. The third kappa shape index (κ3) is 4.89. The lowest BCUT2D eigenvalue weighted by Gasteiger charge is -2.17. The number of carbonyl (C=O) groups is 1. The van der Waals surface area contributed by atoms with Crippen molar-refractivity contribution in [2.45, 2.75) is 39.7 Å². The van der Waals surface area contributed by atoms with Gasteiger partial charge in [-0.15, -0.1) is 17.9 Å². The molecule has 2 unspecified atom stereocenters. The predicted octanol–water partition coefficient (Wildman–Crippen LogP) is 3.48. The summed E-state index contributed by atoms with van der Waals surface area (Å²) in [5.41, 5.74) is 6.42. The molecule has 0 fully saturated rings. The Bertz CT molecular complexity index is 456. The Morgan fingerprint density at radius 3 is 2.85 bits per heavy atom. The fourth-order valence-electron chi connectivity index (χ4n) is 1.97. The molecule has 1 rings (SSSR count). The molecule has 0 aromatic carbocycles. The maximum atomic E-state index is 11.9. The summed E-state index contributed by atoms with van der Waals surface area (Å²) in [6.45, 7) is 10.6. The second kappa shape index (κ2) is 7.94. The Morgan fingerprint density at radius 1 is 1.55 bits per heavy atom. The summed E-state index contributed by atoms with van der Waals surface area (Å²) in [5.74, 6) is 0.542. The summed E-state index contributed by atoms with van der Waals surface area (Å²) in [4.78, 5) is 12.5. The fraction of sp³-hybridized carbons (Fsp3) is 0.533. The van der Waals surface area contributed by atoms with Gasteiger partial charge in [-0.3, -0.25) is 4.79 Å². The molecule has 1 aromatic heterocycles. The molecule has 0 aliphatic carbocycles. The average Bonchev–Trinajstić information content (AvgIpc) is 2.76. The van der Waals surface area contributed by atoms with Gasteiger partial charge in [0.05, 0.1) is 10.7 Å². The number of amides is 1. The van der Waals surface area contributed by atoms with Crippen molar-refractivity contribution < 1.29 is 4.79 Å². The van der Waals surface area contributed by atoms with Crippen LogP contribution < -0.4 is 16.4 Å². The molecule has 4 nitrogen and oxygen atoms in total.